The minimum atomic E-state index is -1.67. The van der Waals surface area contributed by atoms with Gasteiger partial charge in [0.2, 0.25) is 12.3 Å². The second-order valence-electron chi connectivity index (χ2n) is 4.72. The van der Waals surface area contributed by atoms with Gasteiger partial charge in [0, 0.05) is 0 Å². The average Bonchev–Trinajstić information content (AvgIpc) is 2.18. The third-order valence-electron chi connectivity index (χ3n) is 2.36. The van der Waals surface area contributed by atoms with E-state index in [0.717, 1.165) is 9.80 Å². The lowest BCUT2D eigenvalue weighted by atomic mass is 10.4. The Morgan fingerprint density at radius 1 is 0.800 bits per heavy atom. The minimum absolute atomic E-state index is 0.597. The maximum absolute atomic E-state index is 12.0. The molecular formula is C9H18Cl6N4O+2. The molecule has 0 heterocycles. The summed E-state index contributed by atoms with van der Waals surface area (Å²) in [4.78, 5) is 13.4. The first-order chi connectivity index (χ1) is 8.76. The van der Waals surface area contributed by atoms with Crippen LogP contribution in [-0.2, 0) is 0 Å². The molecule has 0 saturated heterocycles. The predicted octanol–water partition coefficient (Wildman–Crippen LogP) is -0.0328. The lowest BCUT2D eigenvalue weighted by molar-refractivity contribution is -0.889. The molecule has 0 fully saturated rings. The van der Waals surface area contributed by atoms with Crippen LogP contribution in [0.15, 0.2) is 0 Å². The highest BCUT2D eigenvalue weighted by Gasteiger charge is 2.42. The highest BCUT2D eigenvalue weighted by Crippen LogP contribution is 2.28. The summed E-state index contributed by atoms with van der Waals surface area (Å²) >= 11 is 34.9. The van der Waals surface area contributed by atoms with Crippen LogP contribution in [0.1, 0.15) is 0 Å². The molecule has 120 valence electrons. The molecule has 11 heteroatoms. The molecule has 0 unspecified atom stereocenters. The van der Waals surface area contributed by atoms with Gasteiger partial charge in [-0.25, -0.2) is 4.79 Å². The van der Waals surface area contributed by atoms with E-state index >= 15 is 0 Å². The first-order valence-corrected chi connectivity index (χ1v) is 7.84. The molecule has 0 rings (SSSR count). The van der Waals surface area contributed by atoms with Gasteiger partial charge >= 0.3 is 6.03 Å². The molecule has 0 aromatic rings. The Bertz CT molecular complexity index is 297. The molecule has 0 aliphatic heterocycles. The van der Waals surface area contributed by atoms with Gasteiger partial charge in [-0.15, -0.1) is 0 Å². The summed E-state index contributed by atoms with van der Waals surface area (Å²) in [5, 5.41) is 5.08. The van der Waals surface area contributed by atoms with Crippen molar-refractivity contribution in [1.29, 1.82) is 0 Å². The summed E-state index contributed by atoms with van der Waals surface area (Å²) in [6.45, 7) is 0. The Labute approximate surface area is 148 Å². The summed E-state index contributed by atoms with van der Waals surface area (Å²) in [5.74, 6) is 0. The SMILES string of the molecule is C[NH+](C)[C@H](NC(=O)N[C@@H]([NH+](C)C)C(Cl)(Cl)Cl)C(Cl)(Cl)Cl. The average molecular weight is 411 g/mol. The molecule has 0 aromatic heterocycles. The molecule has 0 spiro atoms. The number of rotatable bonds is 4. The van der Waals surface area contributed by atoms with Crippen molar-refractivity contribution < 1.29 is 14.6 Å². The zero-order valence-corrected chi connectivity index (χ0v) is 15.9. The van der Waals surface area contributed by atoms with Crippen LogP contribution in [0.3, 0.4) is 0 Å². The molecule has 0 saturated carbocycles. The number of hydrogen-bond acceptors (Lipinski definition) is 1. The fraction of sp³-hybridized carbons (Fsp3) is 0.889. The van der Waals surface area contributed by atoms with Crippen LogP contribution in [0.25, 0.3) is 0 Å². The number of carbonyl (C=O) groups excluding carboxylic acids is 1. The van der Waals surface area contributed by atoms with Crippen LogP contribution in [0.4, 0.5) is 4.79 Å². The molecule has 4 N–H and O–H groups in total. The van der Waals surface area contributed by atoms with E-state index in [1.807, 2.05) is 0 Å². The highest BCUT2D eigenvalue weighted by molar-refractivity contribution is 6.68. The first kappa shape index (κ1) is 20.9. The van der Waals surface area contributed by atoms with Crippen molar-refractivity contribution in [3.05, 3.63) is 0 Å². The summed E-state index contributed by atoms with van der Waals surface area (Å²) < 4.78 is -3.34. The van der Waals surface area contributed by atoms with Gasteiger partial charge in [0.1, 0.15) is 0 Å². The van der Waals surface area contributed by atoms with E-state index in [1.165, 1.54) is 0 Å². The summed E-state index contributed by atoms with van der Waals surface area (Å²) in [6, 6.07) is -0.597. The third kappa shape index (κ3) is 7.27. The number of carbonyl (C=O) groups is 1. The van der Waals surface area contributed by atoms with Crippen LogP contribution >= 0.6 is 69.6 Å². The zero-order chi connectivity index (χ0) is 16.3. The monoisotopic (exact) mass is 408 g/mol. The van der Waals surface area contributed by atoms with Crippen molar-refractivity contribution in [3.63, 3.8) is 0 Å². The first-order valence-electron chi connectivity index (χ1n) is 5.57. The van der Waals surface area contributed by atoms with E-state index in [0.29, 0.717) is 0 Å². The molecule has 0 aromatic carbocycles. The fourth-order valence-electron chi connectivity index (χ4n) is 1.41. The molecule has 5 nitrogen and oxygen atoms in total. The number of nitrogens with one attached hydrogen (secondary N) is 4. The van der Waals surface area contributed by atoms with Crippen LogP contribution in [-0.4, -0.2) is 54.1 Å². The Morgan fingerprint density at radius 2 is 1.05 bits per heavy atom. The second-order valence-corrected chi connectivity index (χ2v) is 9.46. The topological polar surface area (TPSA) is 50.0 Å². The molecule has 2 amide bonds. The standard InChI is InChI=1S/C9H16Cl6N4O/c1-18(2)5(8(10,11)12)16-7(20)17-6(19(3)4)9(13,14)15/h5-6H,1-4H3,(H2,16,17,20)/p+2/t5-,6-/m0/s1. The summed E-state index contributed by atoms with van der Waals surface area (Å²) in [6.07, 6.45) is -1.53. The van der Waals surface area contributed by atoms with E-state index in [1.54, 1.807) is 28.2 Å². The van der Waals surface area contributed by atoms with Crippen molar-refractivity contribution in [2.24, 2.45) is 0 Å². The quantitative estimate of drug-likeness (QED) is 0.382. The number of halogens is 6. The Hall–Kier alpha value is 0.930. The number of urea groups is 1. The summed E-state index contributed by atoms with van der Waals surface area (Å²) in [7, 11) is 6.93. The van der Waals surface area contributed by atoms with Gasteiger partial charge in [-0.2, -0.15) is 0 Å². The molecule has 0 bridgehead atoms. The van der Waals surface area contributed by atoms with Gasteiger partial charge in [-0.3, -0.25) is 10.6 Å². The van der Waals surface area contributed by atoms with Crippen LogP contribution < -0.4 is 20.4 Å². The number of hydrogen-bond donors (Lipinski definition) is 4. The Kier molecular flexibility index (Phi) is 8.34. The van der Waals surface area contributed by atoms with E-state index in [2.05, 4.69) is 10.6 Å². The zero-order valence-electron chi connectivity index (χ0n) is 11.3. The minimum Gasteiger partial charge on any atom is -0.317 e. The highest BCUT2D eigenvalue weighted by atomic mass is 35.6. The molecular weight excluding hydrogens is 393 g/mol. The largest absolute Gasteiger partial charge is 0.324 e. The van der Waals surface area contributed by atoms with Crippen molar-refractivity contribution >= 4 is 75.6 Å². The number of amides is 2. The van der Waals surface area contributed by atoms with E-state index in [-0.39, 0.29) is 0 Å². The van der Waals surface area contributed by atoms with Crippen LogP contribution in [0, 0.1) is 0 Å². The fourth-order valence-corrected chi connectivity index (χ4v) is 3.05. The maximum atomic E-state index is 12.0. The van der Waals surface area contributed by atoms with Gasteiger partial charge < -0.3 is 9.80 Å². The van der Waals surface area contributed by atoms with Crippen LogP contribution in [0.2, 0.25) is 0 Å². The Balaban J connectivity index is 4.84. The summed E-state index contributed by atoms with van der Waals surface area (Å²) in [5.41, 5.74) is 0. The lowest BCUT2D eigenvalue weighted by Crippen LogP contribution is -3.15. The van der Waals surface area contributed by atoms with Crippen LogP contribution in [0.5, 0.6) is 0 Å². The van der Waals surface area contributed by atoms with Gasteiger partial charge in [0.15, 0.2) is 0 Å². The van der Waals surface area contributed by atoms with Crippen molar-refractivity contribution in [3.8, 4) is 0 Å². The molecule has 20 heavy (non-hydrogen) atoms. The maximum Gasteiger partial charge on any atom is 0.324 e. The number of quaternary nitrogens is 2. The van der Waals surface area contributed by atoms with Gasteiger partial charge in [0.25, 0.3) is 7.59 Å². The van der Waals surface area contributed by atoms with E-state index < -0.39 is 25.9 Å². The van der Waals surface area contributed by atoms with Gasteiger partial charge in [0.05, 0.1) is 28.2 Å². The van der Waals surface area contributed by atoms with E-state index in [4.69, 9.17) is 69.6 Å². The van der Waals surface area contributed by atoms with Gasteiger partial charge in [-0.05, 0) is 0 Å². The normalized spacial score (nSPS) is 16.2. The van der Waals surface area contributed by atoms with Crippen molar-refractivity contribution in [2.75, 3.05) is 28.2 Å². The third-order valence-corrected chi connectivity index (χ3v) is 3.67. The second kappa shape index (κ2) is 7.97. The predicted molar refractivity (Wildman–Crippen MR) is 85.4 cm³/mol. The molecule has 0 aliphatic rings. The smallest absolute Gasteiger partial charge is 0.317 e. The molecule has 0 radical (unpaired) electrons. The lowest BCUT2D eigenvalue weighted by Gasteiger charge is -2.31. The van der Waals surface area contributed by atoms with Crippen molar-refractivity contribution in [1.82, 2.24) is 10.6 Å². The van der Waals surface area contributed by atoms with Crippen molar-refractivity contribution in [2.45, 2.75) is 19.9 Å². The Morgan fingerprint density at radius 3 is 1.20 bits per heavy atom. The molecule has 0 aliphatic carbocycles. The molecule has 2 atom stereocenters. The van der Waals surface area contributed by atoms with Gasteiger partial charge in [-0.1, -0.05) is 69.6 Å². The van der Waals surface area contributed by atoms with E-state index in [9.17, 15) is 4.79 Å². The number of alkyl halides is 6.